The maximum atomic E-state index is 12.1. The molecule has 0 saturated heterocycles. The number of aromatic nitrogens is 4. The average molecular weight is 464 g/mol. The van der Waals surface area contributed by atoms with E-state index in [9.17, 15) is 8.42 Å². The van der Waals surface area contributed by atoms with Crippen molar-refractivity contribution in [3.63, 3.8) is 0 Å². The average Bonchev–Trinajstić information content (AvgIpc) is 3.58. The second kappa shape index (κ2) is 8.45. The first-order chi connectivity index (χ1) is 15.9. The van der Waals surface area contributed by atoms with Crippen LogP contribution in [-0.2, 0) is 16.6 Å². The van der Waals surface area contributed by atoms with Crippen LogP contribution in [0.5, 0.6) is 0 Å². The Morgan fingerprint density at radius 2 is 1.85 bits per heavy atom. The molecular weight excluding hydrogens is 438 g/mol. The quantitative estimate of drug-likeness (QED) is 0.311. The van der Waals surface area contributed by atoms with E-state index < -0.39 is 10.0 Å². The van der Waals surface area contributed by atoms with E-state index in [1.165, 1.54) is 0 Å². The summed E-state index contributed by atoms with van der Waals surface area (Å²) in [5.41, 5.74) is 5.28. The Bertz CT molecular complexity index is 1430. The van der Waals surface area contributed by atoms with Gasteiger partial charge in [-0.1, -0.05) is 12.1 Å². The van der Waals surface area contributed by atoms with Gasteiger partial charge in [-0.3, -0.25) is 0 Å². The Labute approximate surface area is 192 Å². The predicted octanol–water partition coefficient (Wildman–Crippen LogP) is 4.04. The van der Waals surface area contributed by atoms with Crippen molar-refractivity contribution in [3.05, 3.63) is 65.6 Å². The third-order valence-electron chi connectivity index (χ3n) is 5.46. The number of fused-ring (bicyclic) bond motifs is 1. The molecule has 10 heteroatoms. The topological polar surface area (TPSA) is 125 Å². The number of rotatable bonds is 8. The molecular formula is C23H25N7O2S. The molecule has 4 N–H and O–H groups in total. The molecule has 4 aromatic rings. The summed E-state index contributed by atoms with van der Waals surface area (Å²) >= 11 is 0. The number of benzene rings is 2. The van der Waals surface area contributed by atoms with Crippen LogP contribution in [0.15, 0.2) is 48.7 Å². The molecule has 0 spiro atoms. The number of anilines is 4. The van der Waals surface area contributed by atoms with Gasteiger partial charge in [-0.2, -0.15) is 4.98 Å². The van der Waals surface area contributed by atoms with Crippen molar-refractivity contribution in [1.82, 2.24) is 24.7 Å². The van der Waals surface area contributed by atoms with E-state index in [4.69, 9.17) is 0 Å². The molecule has 1 fully saturated rings. The van der Waals surface area contributed by atoms with Crippen LogP contribution in [0, 0.1) is 13.8 Å². The number of H-pyrrole nitrogens is 1. The molecule has 0 unspecified atom stereocenters. The van der Waals surface area contributed by atoms with Gasteiger partial charge >= 0.3 is 0 Å². The van der Waals surface area contributed by atoms with Gasteiger partial charge in [-0.15, -0.1) is 0 Å². The zero-order valence-electron chi connectivity index (χ0n) is 18.4. The Morgan fingerprint density at radius 3 is 2.67 bits per heavy atom. The van der Waals surface area contributed by atoms with Gasteiger partial charge in [0.2, 0.25) is 16.0 Å². The minimum Gasteiger partial charge on any atom is -0.342 e. The van der Waals surface area contributed by atoms with Gasteiger partial charge in [0.15, 0.2) is 0 Å². The lowest BCUT2D eigenvalue weighted by molar-refractivity contribution is 0.580. The Morgan fingerprint density at radius 1 is 1.03 bits per heavy atom. The second-order valence-corrected chi connectivity index (χ2v) is 10.3. The smallest absolute Gasteiger partial charge is 0.229 e. The summed E-state index contributed by atoms with van der Waals surface area (Å²) in [5, 5.41) is 6.33. The first kappa shape index (κ1) is 21.4. The zero-order chi connectivity index (χ0) is 23.0. The second-order valence-electron chi connectivity index (χ2n) is 8.30. The highest BCUT2D eigenvalue weighted by Gasteiger charge is 2.35. The Kier molecular flexibility index (Phi) is 5.47. The van der Waals surface area contributed by atoms with Gasteiger partial charge in [-0.25, -0.2) is 23.1 Å². The monoisotopic (exact) mass is 463 g/mol. The van der Waals surface area contributed by atoms with Gasteiger partial charge < -0.3 is 15.6 Å². The molecule has 5 rings (SSSR count). The third kappa shape index (κ3) is 4.96. The molecule has 0 amide bonds. The fourth-order valence-corrected chi connectivity index (χ4v) is 4.91. The highest BCUT2D eigenvalue weighted by molar-refractivity contribution is 7.90. The number of aromatic amines is 1. The fraction of sp³-hybridized carbons (Fsp3) is 0.261. The summed E-state index contributed by atoms with van der Waals surface area (Å²) in [6, 6.07) is 13.5. The summed E-state index contributed by atoms with van der Waals surface area (Å²) in [6.07, 6.45) is 3.25. The number of aryl methyl sites for hydroxylation is 2. The molecule has 0 aliphatic heterocycles. The van der Waals surface area contributed by atoms with Crippen LogP contribution in [0.2, 0.25) is 0 Å². The lowest BCUT2D eigenvalue weighted by Crippen LogP contribution is -2.26. The zero-order valence-corrected chi connectivity index (χ0v) is 19.2. The molecule has 170 valence electrons. The van der Waals surface area contributed by atoms with E-state index >= 15 is 0 Å². The molecule has 9 nitrogen and oxygen atoms in total. The standard InChI is InChI=1S/C23H25N7O2S/c1-14-12-24-23(29-18-6-9-20-21(11-18)27-15(2)26-20)30-22(14)28-17-5-3-4-16(10-17)13-25-33(31,32)19-7-8-19/h3-6,9-12,19,25H,7-8,13H2,1-2H3,(H,26,27)(H2,24,28,29,30). The number of nitrogens with one attached hydrogen (secondary N) is 4. The van der Waals surface area contributed by atoms with E-state index in [1.807, 2.05) is 56.3 Å². The lowest BCUT2D eigenvalue weighted by Gasteiger charge is -2.12. The van der Waals surface area contributed by atoms with Crippen LogP contribution < -0.4 is 15.4 Å². The van der Waals surface area contributed by atoms with Crippen LogP contribution in [0.25, 0.3) is 11.0 Å². The molecule has 2 aromatic carbocycles. The highest BCUT2D eigenvalue weighted by atomic mass is 32.2. The van der Waals surface area contributed by atoms with Crippen molar-refractivity contribution in [2.75, 3.05) is 10.6 Å². The van der Waals surface area contributed by atoms with Crippen LogP contribution in [-0.4, -0.2) is 33.6 Å². The Hall–Kier alpha value is -3.50. The van der Waals surface area contributed by atoms with Gasteiger partial charge in [-0.05, 0) is 62.6 Å². The van der Waals surface area contributed by atoms with Crippen molar-refractivity contribution in [2.45, 2.75) is 38.5 Å². The summed E-state index contributed by atoms with van der Waals surface area (Å²) in [4.78, 5) is 16.7. The summed E-state index contributed by atoms with van der Waals surface area (Å²) in [7, 11) is -3.22. The van der Waals surface area contributed by atoms with E-state index in [2.05, 4.69) is 35.3 Å². The van der Waals surface area contributed by atoms with Crippen LogP contribution in [0.4, 0.5) is 23.1 Å². The minimum atomic E-state index is -3.22. The number of nitrogens with zero attached hydrogens (tertiary/aromatic N) is 3. The normalized spacial score (nSPS) is 13.9. The number of sulfonamides is 1. The largest absolute Gasteiger partial charge is 0.342 e. The SMILES string of the molecule is Cc1nc2ccc(Nc3ncc(C)c(Nc4cccc(CNS(=O)(=O)C5CC5)c4)n3)cc2[nH]1. The first-order valence-electron chi connectivity index (χ1n) is 10.8. The van der Waals surface area contributed by atoms with E-state index in [1.54, 1.807) is 6.20 Å². The Balaban J connectivity index is 1.30. The van der Waals surface area contributed by atoms with Gasteiger partial charge in [0, 0.05) is 29.7 Å². The molecule has 2 heterocycles. The van der Waals surface area contributed by atoms with Crippen molar-refractivity contribution in [2.24, 2.45) is 0 Å². The van der Waals surface area contributed by atoms with Gasteiger partial charge in [0.1, 0.15) is 11.6 Å². The molecule has 0 radical (unpaired) electrons. The van der Waals surface area contributed by atoms with Crippen molar-refractivity contribution < 1.29 is 8.42 Å². The van der Waals surface area contributed by atoms with Gasteiger partial charge in [0.05, 0.1) is 16.3 Å². The molecule has 1 aliphatic rings. The van der Waals surface area contributed by atoms with Crippen molar-refractivity contribution in [1.29, 1.82) is 0 Å². The van der Waals surface area contributed by atoms with Crippen LogP contribution >= 0.6 is 0 Å². The maximum Gasteiger partial charge on any atom is 0.229 e. The third-order valence-corrected chi connectivity index (χ3v) is 7.35. The van der Waals surface area contributed by atoms with Crippen LogP contribution in [0.3, 0.4) is 0 Å². The molecule has 1 aliphatic carbocycles. The summed E-state index contributed by atoms with van der Waals surface area (Å²) in [5.74, 6) is 2.00. The van der Waals surface area contributed by atoms with Gasteiger partial charge in [0.25, 0.3) is 0 Å². The predicted molar refractivity (Wildman–Crippen MR) is 129 cm³/mol. The molecule has 33 heavy (non-hydrogen) atoms. The number of hydrogen-bond acceptors (Lipinski definition) is 7. The minimum absolute atomic E-state index is 0.230. The fourth-order valence-electron chi connectivity index (χ4n) is 3.55. The summed E-state index contributed by atoms with van der Waals surface area (Å²) < 4.78 is 26.9. The highest BCUT2D eigenvalue weighted by Crippen LogP contribution is 2.28. The molecule has 0 atom stereocenters. The van der Waals surface area contributed by atoms with Crippen molar-refractivity contribution >= 4 is 44.2 Å². The van der Waals surface area contributed by atoms with Crippen LogP contribution in [0.1, 0.15) is 29.8 Å². The first-order valence-corrected chi connectivity index (χ1v) is 12.3. The maximum absolute atomic E-state index is 12.1. The summed E-state index contributed by atoms with van der Waals surface area (Å²) in [6.45, 7) is 4.11. The van der Waals surface area contributed by atoms with E-state index in [-0.39, 0.29) is 11.8 Å². The molecule has 2 aromatic heterocycles. The number of imidazole rings is 1. The molecule has 0 bridgehead atoms. The van der Waals surface area contributed by atoms with E-state index in [0.717, 1.165) is 52.2 Å². The van der Waals surface area contributed by atoms with E-state index in [0.29, 0.717) is 11.8 Å². The molecule has 1 saturated carbocycles. The lowest BCUT2D eigenvalue weighted by atomic mass is 10.2. The number of hydrogen-bond donors (Lipinski definition) is 4. The van der Waals surface area contributed by atoms with Crippen molar-refractivity contribution in [3.8, 4) is 0 Å².